The molecule has 1 unspecified atom stereocenters. The van der Waals surface area contributed by atoms with Gasteiger partial charge in [-0.15, -0.1) is 11.3 Å². The first kappa shape index (κ1) is 24.0. The van der Waals surface area contributed by atoms with E-state index >= 15 is 0 Å². The van der Waals surface area contributed by atoms with Crippen molar-refractivity contribution in [3.63, 3.8) is 0 Å². The SMILES string of the molecule is Cn1nccc1-c1sc(C(=O)NC(Cc2ccccc2)CN(C(=O)O)C(C)(C)C)cc1Br. The fourth-order valence-corrected chi connectivity index (χ4v) is 5.26. The molecule has 3 aromatic rings. The van der Waals surface area contributed by atoms with Gasteiger partial charge in [0.15, 0.2) is 0 Å². The summed E-state index contributed by atoms with van der Waals surface area (Å²) in [5.74, 6) is -0.232. The van der Waals surface area contributed by atoms with Crippen molar-refractivity contribution in [1.82, 2.24) is 20.0 Å². The Labute approximate surface area is 200 Å². The number of aromatic nitrogens is 2. The van der Waals surface area contributed by atoms with E-state index in [-0.39, 0.29) is 18.5 Å². The molecule has 170 valence electrons. The van der Waals surface area contributed by atoms with Crippen molar-refractivity contribution in [2.24, 2.45) is 7.05 Å². The predicted molar refractivity (Wildman–Crippen MR) is 130 cm³/mol. The lowest BCUT2D eigenvalue weighted by molar-refractivity contribution is 0.0824. The second-order valence-electron chi connectivity index (χ2n) is 8.55. The number of hydrogen-bond donors (Lipinski definition) is 2. The summed E-state index contributed by atoms with van der Waals surface area (Å²) in [6, 6.07) is 13.0. The largest absolute Gasteiger partial charge is 0.465 e. The molecule has 0 bridgehead atoms. The molecule has 9 heteroatoms. The van der Waals surface area contributed by atoms with Crippen LogP contribution in [0.25, 0.3) is 10.6 Å². The number of aryl methyl sites for hydroxylation is 1. The van der Waals surface area contributed by atoms with Crippen LogP contribution in [-0.4, -0.2) is 49.9 Å². The maximum Gasteiger partial charge on any atom is 0.407 e. The Hall–Kier alpha value is -2.65. The van der Waals surface area contributed by atoms with Gasteiger partial charge in [-0.05, 0) is 60.8 Å². The van der Waals surface area contributed by atoms with E-state index in [0.29, 0.717) is 11.3 Å². The van der Waals surface area contributed by atoms with Gasteiger partial charge in [-0.2, -0.15) is 5.10 Å². The van der Waals surface area contributed by atoms with Gasteiger partial charge in [-0.25, -0.2) is 4.79 Å². The minimum absolute atomic E-state index is 0.181. The molecule has 0 aliphatic rings. The second-order valence-corrected chi connectivity index (χ2v) is 10.5. The number of rotatable bonds is 7. The smallest absolute Gasteiger partial charge is 0.407 e. The number of carboxylic acid groups (broad SMARTS) is 1. The van der Waals surface area contributed by atoms with E-state index in [4.69, 9.17) is 0 Å². The van der Waals surface area contributed by atoms with Crippen molar-refractivity contribution >= 4 is 39.3 Å². The zero-order valence-electron chi connectivity index (χ0n) is 18.5. The highest BCUT2D eigenvalue weighted by molar-refractivity contribution is 9.10. The Balaban J connectivity index is 1.84. The number of carbonyl (C=O) groups is 2. The standard InChI is InChI=1S/C23H27BrN4O3S/c1-23(2,3)28(22(30)31)14-16(12-15-8-6-5-7-9-15)26-21(29)19-13-17(24)20(32-19)18-10-11-25-27(18)4/h5-11,13,16H,12,14H2,1-4H3,(H,26,29)(H,30,31). The monoisotopic (exact) mass is 518 g/mol. The molecule has 0 aliphatic carbocycles. The van der Waals surface area contributed by atoms with E-state index in [1.807, 2.05) is 64.2 Å². The van der Waals surface area contributed by atoms with E-state index in [2.05, 4.69) is 26.3 Å². The number of benzene rings is 1. The van der Waals surface area contributed by atoms with E-state index in [1.165, 1.54) is 16.2 Å². The van der Waals surface area contributed by atoms with Crippen LogP contribution in [0.3, 0.4) is 0 Å². The van der Waals surface area contributed by atoms with E-state index in [0.717, 1.165) is 20.6 Å². The van der Waals surface area contributed by atoms with Crippen LogP contribution in [-0.2, 0) is 13.5 Å². The summed E-state index contributed by atoms with van der Waals surface area (Å²) < 4.78 is 2.57. The van der Waals surface area contributed by atoms with Crippen LogP contribution in [0.5, 0.6) is 0 Å². The molecule has 2 heterocycles. The molecule has 2 N–H and O–H groups in total. The Morgan fingerprint density at radius 1 is 1.25 bits per heavy atom. The molecule has 0 radical (unpaired) electrons. The summed E-state index contributed by atoms with van der Waals surface area (Å²) in [5.41, 5.74) is 1.34. The lowest BCUT2D eigenvalue weighted by Gasteiger charge is -2.36. The fraction of sp³-hybridized carbons (Fsp3) is 0.348. The van der Waals surface area contributed by atoms with Crippen LogP contribution in [0, 0.1) is 0 Å². The third kappa shape index (κ3) is 5.77. The fourth-order valence-electron chi connectivity index (χ4n) is 3.43. The lowest BCUT2D eigenvalue weighted by atomic mass is 10.0. The van der Waals surface area contributed by atoms with Crippen LogP contribution < -0.4 is 5.32 Å². The van der Waals surface area contributed by atoms with Gasteiger partial charge in [0.05, 0.1) is 21.5 Å². The average molecular weight is 519 g/mol. The normalized spacial score (nSPS) is 12.4. The molecule has 0 saturated carbocycles. The van der Waals surface area contributed by atoms with E-state index < -0.39 is 11.6 Å². The van der Waals surface area contributed by atoms with E-state index in [1.54, 1.807) is 16.9 Å². The summed E-state index contributed by atoms with van der Waals surface area (Å²) in [4.78, 5) is 27.9. The number of amides is 2. The summed E-state index contributed by atoms with van der Waals surface area (Å²) in [6.07, 6.45) is 1.22. The molecule has 0 spiro atoms. The zero-order chi connectivity index (χ0) is 23.5. The molecule has 2 amide bonds. The number of carbonyl (C=O) groups excluding carboxylic acids is 1. The first-order chi connectivity index (χ1) is 15.1. The number of nitrogens with one attached hydrogen (secondary N) is 1. The quantitative estimate of drug-likeness (QED) is 0.459. The Morgan fingerprint density at radius 3 is 2.50 bits per heavy atom. The third-order valence-corrected chi connectivity index (χ3v) is 7.11. The van der Waals surface area contributed by atoms with Gasteiger partial charge >= 0.3 is 6.09 Å². The van der Waals surface area contributed by atoms with Crippen molar-refractivity contribution in [2.45, 2.75) is 38.8 Å². The minimum Gasteiger partial charge on any atom is -0.465 e. The molecule has 2 aromatic heterocycles. The Bertz CT molecular complexity index is 1090. The number of thiophene rings is 1. The van der Waals surface area contributed by atoms with Crippen LogP contribution in [0.4, 0.5) is 4.79 Å². The van der Waals surface area contributed by atoms with Gasteiger partial charge in [-0.3, -0.25) is 9.48 Å². The van der Waals surface area contributed by atoms with Gasteiger partial charge < -0.3 is 15.3 Å². The van der Waals surface area contributed by atoms with Crippen LogP contribution in [0.2, 0.25) is 0 Å². The molecule has 0 fully saturated rings. The Kier molecular flexibility index (Phi) is 7.40. The molecule has 7 nitrogen and oxygen atoms in total. The van der Waals surface area contributed by atoms with Crippen molar-refractivity contribution in [3.05, 3.63) is 63.6 Å². The van der Waals surface area contributed by atoms with Crippen LogP contribution in [0.15, 0.2) is 53.1 Å². The molecule has 0 saturated heterocycles. The number of nitrogens with zero attached hydrogens (tertiary/aromatic N) is 3. The first-order valence-corrected chi connectivity index (χ1v) is 11.8. The molecule has 0 aliphatic heterocycles. The predicted octanol–water partition coefficient (Wildman–Crippen LogP) is 5.03. The summed E-state index contributed by atoms with van der Waals surface area (Å²) in [6.45, 7) is 5.72. The third-order valence-electron chi connectivity index (χ3n) is 5.07. The number of halogens is 1. The number of hydrogen-bond acceptors (Lipinski definition) is 4. The van der Waals surface area contributed by atoms with Crippen LogP contribution in [0.1, 0.15) is 36.0 Å². The van der Waals surface area contributed by atoms with Crippen molar-refractivity contribution < 1.29 is 14.7 Å². The van der Waals surface area contributed by atoms with Gasteiger partial charge in [0.25, 0.3) is 5.91 Å². The molecular weight excluding hydrogens is 492 g/mol. The average Bonchev–Trinajstić information content (AvgIpc) is 3.30. The van der Waals surface area contributed by atoms with Gasteiger partial charge in [0.2, 0.25) is 0 Å². The van der Waals surface area contributed by atoms with Crippen molar-refractivity contribution in [2.75, 3.05) is 6.54 Å². The summed E-state index contributed by atoms with van der Waals surface area (Å²) in [5, 5.41) is 17.0. The lowest BCUT2D eigenvalue weighted by Crippen LogP contribution is -2.53. The first-order valence-electron chi connectivity index (χ1n) is 10.2. The van der Waals surface area contributed by atoms with Gasteiger partial charge in [-0.1, -0.05) is 30.3 Å². The molecule has 32 heavy (non-hydrogen) atoms. The molecule has 3 rings (SSSR count). The maximum atomic E-state index is 13.2. The zero-order valence-corrected chi connectivity index (χ0v) is 20.9. The van der Waals surface area contributed by atoms with Crippen molar-refractivity contribution in [3.8, 4) is 10.6 Å². The second kappa shape index (κ2) is 9.87. The van der Waals surface area contributed by atoms with E-state index in [9.17, 15) is 14.7 Å². The summed E-state index contributed by atoms with van der Waals surface area (Å²) >= 11 is 4.92. The van der Waals surface area contributed by atoms with Gasteiger partial charge in [0.1, 0.15) is 0 Å². The highest BCUT2D eigenvalue weighted by Crippen LogP contribution is 2.36. The molecule has 1 atom stereocenters. The minimum atomic E-state index is -1.01. The van der Waals surface area contributed by atoms with Gasteiger partial charge in [0, 0.05) is 29.8 Å². The topological polar surface area (TPSA) is 87.5 Å². The maximum absolute atomic E-state index is 13.2. The summed E-state index contributed by atoms with van der Waals surface area (Å²) in [7, 11) is 1.85. The Morgan fingerprint density at radius 2 is 1.94 bits per heavy atom. The molecular formula is C23H27BrN4O3S. The highest BCUT2D eigenvalue weighted by Gasteiger charge is 2.30. The molecule has 1 aromatic carbocycles. The van der Waals surface area contributed by atoms with Crippen molar-refractivity contribution in [1.29, 1.82) is 0 Å². The highest BCUT2D eigenvalue weighted by atomic mass is 79.9. The van der Waals surface area contributed by atoms with Crippen LogP contribution >= 0.6 is 27.3 Å².